The van der Waals surface area contributed by atoms with E-state index in [4.69, 9.17) is 4.74 Å². The molecule has 10 heteroatoms. The van der Waals surface area contributed by atoms with Crippen molar-refractivity contribution in [3.63, 3.8) is 0 Å². The van der Waals surface area contributed by atoms with Gasteiger partial charge in [0.05, 0.1) is 24.5 Å². The number of amides is 2. The molecule has 0 fully saturated rings. The minimum Gasteiger partial charge on any atom is -0.465 e. The molecule has 0 saturated carbocycles. The van der Waals surface area contributed by atoms with Gasteiger partial charge in [-0.3, -0.25) is 9.59 Å². The number of carbonyl (C=O) groups excluding carboxylic acids is 3. The first-order valence-electron chi connectivity index (χ1n) is 10.8. The number of hydrogen-bond acceptors (Lipinski definition) is 7. The first-order valence-corrected chi connectivity index (χ1v) is 11.8. The Balaban J connectivity index is 1.66. The van der Waals surface area contributed by atoms with E-state index < -0.39 is 12.0 Å². The fraction of sp³-hybridized carbons (Fsp3) is 0.240. The van der Waals surface area contributed by atoms with Crippen LogP contribution in [0, 0.1) is 6.92 Å². The van der Waals surface area contributed by atoms with E-state index in [0.29, 0.717) is 34.3 Å². The lowest BCUT2D eigenvalue weighted by Crippen LogP contribution is -2.29. The molecule has 2 amide bonds. The van der Waals surface area contributed by atoms with Gasteiger partial charge in [0.2, 0.25) is 5.91 Å². The number of thioether (sulfide) groups is 1. The Morgan fingerprint density at radius 2 is 1.89 bits per heavy atom. The molecule has 3 aromatic rings. The Bertz CT molecular complexity index is 1240. The number of anilines is 1. The summed E-state index contributed by atoms with van der Waals surface area (Å²) in [7, 11) is 1.30. The molecule has 1 atom stereocenters. The molecule has 0 aliphatic rings. The first-order chi connectivity index (χ1) is 16.8. The zero-order valence-electron chi connectivity index (χ0n) is 19.8. The van der Waals surface area contributed by atoms with Gasteiger partial charge in [-0.15, -0.1) is 16.8 Å². The summed E-state index contributed by atoms with van der Waals surface area (Å²) in [6.45, 7) is 7.95. The van der Waals surface area contributed by atoms with Gasteiger partial charge in [0.1, 0.15) is 0 Å². The van der Waals surface area contributed by atoms with Gasteiger partial charge in [0.15, 0.2) is 11.0 Å². The maximum Gasteiger partial charge on any atom is 0.337 e. The number of methoxy groups -OCH3 is 1. The number of carbonyl (C=O) groups is 3. The van der Waals surface area contributed by atoms with E-state index in [1.165, 1.54) is 18.9 Å². The van der Waals surface area contributed by atoms with Crippen molar-refractivity contribution in [2.45, 2.75) is 31.6 Å². The highest BCUT2D eigenvalue weighted by Crippen LogP contribution is 2.22. The van der Waals surface area contributed by atoms with E-state index in [1.807, 2.05) is 36.6 Å². The van der Waals surface area contributed by atoms with Crippen LogP contribution >= 0.6 is 11.8 Å². The number of allylic oxidation sites excluding steroid dienone is 1. The molecule has 2 N–H and O–H groups in total. The van der Waals surface area contributed by atoms with Crippen LogP contribution in [-0.2, 0) is 16.1 Å². The normalized spacial score (nSPS) is 11.4. The van der Waals surface area contributed by atoms with E-state index >= 15 is 0 Å². The van der Waals surface area contributed by atoms with Crippen LogP contribution in [0.15, 0.2) is 66.3 Å². The Kier molecular flexibility index (Phi) is 8.80. The standard InChI is InChI=1S/C25H27N5O4S/c1-5-12-30-22(17(3)26-23(32)18-9-6-8-16(2)13-18)28-29-25(30)35-15-21(31)27-20-11-7-10-19(14-20)24(33)34-4/h5-11,13-14,17H,1,12,15H2,2-4H3,(H,26,32)(H,27,31)/t17-/m1/s1. The predicted octanol–water partition coefficient (Wildman–Crippen LogP) is 3.78. The summed E-state index contributed by atoms with van der Waals surface area (Å²) in [5.74, 6) is -0.338. The summed E-state index contributed by atoms with van der Waals surface area (Å²) in [5.41, 5.74) is 2.39. The molecule has 0 saturated heterocycles. The molecule has 35 heavy (non-hydrogen) atoms. The van der Waals surface area contributed by atoms with Crippen molar-refractivity contribution in [3.05, 3.63) is 83.7 Å². The van der Waals surface area contributed by atoms with Crippen LogP contribution in [-0.4, -0.2) is 45.4 Å². The third-order valence-electron chi connectivity index (χ3n) is 4.97. The second-order valence-corrected chi connectivity index (χ2v) is 8.66. The van der Waals surface area contributed by atoms with Crippen LogP contribution in [0.3, 0.4) is 0 Å². The molecule has 0 aliphatic heterocycles. The second-order valence-electron chi connectivity index (χ2n) is 7.71. The van der Waals surface area contributed by atoms with Gasteiger partial charge in [-0.05, 0) is 44.2 Å². The highest BCUT2D eigenvalue weighted by Gasteiger charge is 2.20. The summed E-state index contributed by atoms with van der Waals surface area (Å²) in [5, 5.41) is 14.7. The monoisotopic (exact) mass is 493 g/mol. The van der Waals surface area contributed by atoms with Gasteiger partial charge in [-0.2, -0.15) is 0 Å². The molecule has 0 spiro atoms. The molecule has 1 heterocycles. The zero-order chi connectivity index (χ0) is 25.4. The molecule has 0 radical (unpaired) electrons. The van der Waals surface area contributed by atoms with Crippen LogP contribution in [0.25, 0.3) is 0 Å². The molecular formula is C25H27N5O4S. The van der Waals surface area contributed by atoms with Crippen LogP contribution in [0.5, 0.6) is 0 Å². The van der Waals surface area contributed by atoms with E-state index in [-0.39, 0.29) is 17.6 Å². The molecule has 1 aromatic heterocycles. The van der Waals surface area contributed by atoms with Crippen LogP contribution in [0.4, 0.5) is 5.69 Å². The smallest absolute Gasteiger partial charge is 0.337 e. The largest absolute Gasteiger partial charge is 0.465 e. The zero-order valence-corrected chi connectivity index (χ0v) is 20.6. The van der Waals surface area contributed by atoms with E-state index in [2.05, 4.69) is 27.4 Å². The molecule has 0 unspecified atom stereocenters. The van der Waals surface area contributed by atoms with Gasteiger partial charge >= 0.3 is 5.97 Å². The summed E-state index contributed by atoms with van der Waals surface area (Å²) >= 11 is 1.21. The number of ether oxygens (including phenoxy) is 1. The summed E-state index contributed by atoms with van der Waals surface area (Å²) in [4.78, 5) is 36.8. The Hall–Kier alpha value is -3.92. The summed E-state index contributed by atoms with van der Waals surface area (Å²) in [6.07, 6.45) is 1.70. The molecule has 9 nitrogen and oxygen atoms in total. The van der Waals surface area contributed by atoms with Crippen LogP contribution in [0.2, 0.25) is 0 Å². The van der Waals surface area contributed by atoms with Crippen molar-refractivity contribution >= 4 is 35.2 Å². The Morgan fingerprint density at radius 1 is 1.14 bits per heavy atom. The molecule has 3 rings (SSSR count). The van der Waals surface area contributed by atoms with Crippen molar-refractivity contribution < 1.29 is 19.1 Å². The molecule has 182 valence electrons. The minimum absolute atomic E-state index is 0.0712. The van der Waals surface area contributed by atoms with E-state index in [0.717, 1.165) is 5.56 Å². The fourth-order valence-electron chi connectivity index (χ4n) is 3.33. The quantitative estimate of drug-likeness (QED) is 0.251. The number of aromatic nitrogens is 3. The third kappa shape index (κ3) is 6.80. The Morgan fingerprint density at radius 3 is 2.60 bits per heavy atom. The van der Waals surface area contributed by atoms with E-state index in [1.54, 1.807) is 36.4 Å². The SMILES string of the molecule is C=CCn1c(SCC(=O)Nc2cccc(C(=O)OC)c2)nnc1[C@@H](C)NC(=O)c1cccc(C)c1. The lowest BCUT2D eigenvalue weighted by molar-refractivity contribution is -0.113. The molecule has 0 aliphatic carbocycles. The second kappa shape index (κ2) is 12.0. The van der Waals surface area contributed by atoms with E-state index in [9.17, 15) is 14.4 Å². The minimum atomic E-state index is -0.482. The number of esters is 1. The molecular weight excluding hydrogens is 466 g/mol. The average Bonchev–Trinajstić information content (AvgIpc) is 3.25. The number of rotatable bonds is 10. The van der Waals surface area contributed by atoms with Gasteiger partial charge in [-0.25, -0.2) is 4.79 Å². The van der Waals surface area contributed by atoms with Gasteiger partial charge < -0.3 is 19.9 Å². The third-order valence-corrected chi connectivity index (χ3v) is 5.94. The number of nitrogens with one attached hydrogen (secondary N) is 2. The van der Waals surface area contributed by atoms with Crippen LogP contribution in [0.1, 0.15) is 45.1 Å². The summed E-state index contributed by atoms with van der Waals surface area (Å²) < 4.78 is 6.52. The highest BCUT2D eigenvalue weighted by molar-refractivity contribution is 7.99. The van der Waals surface area contributed by atoms with Crippen molar-refractivity contribution in [1.29, 1.82) is 0 Å². The summed E-state index contributed by atoms with van der Waals surface area (Å²) in [6, 6.07) is 13.4. The van der Waals surface area contributed by atoms with Crippen LogP contribution < -0.4 is 10.6 Å². The topological polar surface area (TPSA) is 115 Å². The van der Waals surface area contributed by atoms with Gasteiger partial charge in [-0.1, -0.05) is 41.6 Å². The van der Waals surface area contributed by atoms with Gasteiger partial charge in [0, 0.05) is 17.8 Å². The van der Waals surface area contributed by atoms with Crippen molar-refractivity contribution in [1.82, 2.24) is 20.1 Å². The predicted molar refractivity (Wildman–Crippen MR) is 134 cm³/mol. The number of aryl methyl sites for hydroxylation is 1. The van der Waals surface area contributed by atoms with Crippen molar-refractivity contribution in [2.75, 3.05) is 18.2 Å². The average molecular weight is 494 g/mol. The highest BCUT2D eigenvalue weighted by atomic mass is 32.2. The fourth-order valence-corrected chi connectivity index (χ4v) is 4.08. The molecule has 0 bridgehead atoms. The Labute approximate surface area is 208 Å². The number of benzene rings is 2. The molecule has 2 aromatic carbocycles. The van der Waals surface area contributed by atoms with Crippen molar-refractivity contribution in [3.8, 4) is 0 Å². The number of nitrogens with zero attached hydrogens (tertiary/aromatic N) is 3. The maximum atomic E-state index is 12.7. The lowest BCUT2D eigenvalue weighted by Gasteiger charge is -2.15. The number of hydrogen-bond donors (Lipinski definition) is 2. The van der Waals surface area contributed by atoms with Crippen molar-refractivity contribution in [2.24, 2.45) is 0 Å². The van der Waals surface area contributed by atoms with Gasteiger partial charge in [0.25, 0.3) is 5.91 Å². The first kappa shape index (κ1) is 25.7. The maximum absolute atomic E-state index is 12.7. The lowest BCUT2D eigenvalue weighted by atomic mass is 10.1.